The molecule has 1 saturated carbocycles. The van der Waals surface area contributed by atoms with Crippen LogP contribution in [0.15, 0.2) is 52.0 Å². The molecule has 1 N–H and O–H groups in total. The fourth-order valence-electron chi connectivity index (χ4n) is 3.35. The van der Waals surface area contributed by atoms with Crippen LogP contribution >= 0.6 is 15.9 Å². The highest BCUT2D eigenvalue weighted by molar-refractivity contribution is 9.10. The average Bonchev–Trinajstić information content (AvgIpc) is 2.76. The minimum absolute atomic E-state index is 0.0235. The van der Waals surface area contributed by atoms with Crippen LogP contribution in [0.2, 0.25) is 0 Å². The lowest BCUT2D eigenvalue weighted by Gasteiger charge is -2.19. The third-order valence-corrected chi connectivity index (χ3v) is 5.42. The summed E-state index contributed by atoms with van der Waals surface area (Å²) in [6, 6.07) is 12.0. The number of nitrogens with zero attached hydrogens (tertiary/aromatic N) is 1. The maximum absolute atomic E-state index is 12.5. The zero-order valence-electron chi connectivity index (χ0n) is 16.9. The van der Waals surface area contributed by atoms with E-state index in [2.05, 4.69) is 26.5 Å². The van der Waals surface area contributed by atoms with Gasteiger partial charge in [0.25, 0.3) is 0 Å². The van der Waals surface area contributed by atoms with Gasteiger partial charge < -0.3 is 9.47 Å². The van der Waals surface area contributed by atoms with Gasteiger partial charge in [-0.25, -0.2) is 10.2 Å². The number of amides is 1. The minimum atomic E-state index is -0.485. The lowest BCUT2D eigenvalue weighted by atomic mass is 9.89. The number of nitrogens with one attached hydrogen (secondary N) is 1. The van der Waals surface area contributed by atoms with Crippen LogP contribution < -0.4 is 14.9 Å². The molecule has 0 saturated heterocycles. The van der Waals surface area contributed by atoms with Crippen LogP contribution in [0.25, 0.3) is 0 Å². The number of hydrogen-bond donors (Lipinski definition) is 1. The summed E-state index contributed by atoms with van der Waals surface area (Å²) < 4.78 is 11.8. The summed E-state index contributed by atoms with van der Waals surface area (Å²) in [6.07, 6.45) is 6.66. The van der Waals surface area contributed by atoms with E-state index >= 15 is 0 Å². The molecule has 0 atom stereocenters. The van der Waals surface area contributed by atoms with Crippen molar-refractivity contribution in [3.8, 4) is 11.5 Å². The van der Waals surface area contributed by atoms with E-state index in [1.165, 1.54) is 12.6 Å². The van der Waals surface area contributed by atoms with Gasteiger partial charge in [-0.15, -0.1) is 0 Å². The summed E-state index contributed by atoms with van der Waals surface area (Å²) in [7, 11) is 0. The smallest absolute Gasteiger partial charge is 0.343 e. The Morgan fingerprint density at radius 1 is 1.13 bits per heavy atom. The number of esters is 1. The van der Waals surface area contributed by atoms with Crippen molar-refractivity contribution in [1.82, 2.24) is 5.43 Å². The van der Waals surface area contributed by atoms with Crippen molar-refractivity contribution in [3.05, 3.63) is 58.1 Å². The topological polar surface area (TPSA) is 77.0 Å². The van der Waals surface area contributed by atoms with Crippen LogP contribution in [-0.4, -0.2) is 24.7 Å². The van der Waals surface area contributed by atoms with Crippen molar-refractivity contribution in [2.45, 2.75) is 39.0 Å². The first-order valence-electron chi connectivity index (χ1n) is 10.1. The van der Waals surface area contributed by atoms with E-state index in [1.54, 1.807) is 42.5 Å². The molecule has 2 aromatic carbocycles. The predicted molar refractivity (Wildman–Crippen MR) is 119 cm³/mol. The van der Waals surface area contributed by atoms with Crippen LogP contribution in [0.3, 0.4) is 0 Å². The van der Waals surface area contributed by atoms with E-state index in [0.717, 1.165) is 30.2 Å². The molecule has 1 amide bonds. The summed E-state index contributed by atoms with van der Waals surface area (Å²) in [4.78, 5) is 24.8. The Morgan fingerprint density at radius 2 is 1.87 bits per heavy atom. The Morgan fingerprint density at radius 3 is 2.57 bits per heavy atom. The molecule has 158 valence electrons. The lowest BCUT2D eigenvalue weighted by Crippen LogP contribution is -2.28. The third-order valence-electron chi connectivity index (χ3n) is 4.93. The Kier molecular flexibility index (Phi) is 8.02. The van der Waals surface area contributed by atoms with Crippen LogP contribution in [0.1, 0.15) is 54.9 Å². The second-order valence-corrected chi connectivity index (χ2v) is 8.01. The Labute approximate surface area is 184 Å². The first-order chi connectivity index (χ1) is 14.6. The summed E-state index contributed by atoms with van der Waals surface area (Å²) in [5.41, 5.74) is 3.60. The van der Waals surface area contributed by atoms with E-state index in [9.17, 15) is 9.59 Å². The molecule has 1 fully saturated rings. The Bertz CT molecular complexity index is 906. The van der Waals surface area contributed by atoms with E-state index in [4.69, 9.17) is 9.47 Å². The highest BCUT2D eigenvalue weighted by atomic mass is 79.9. The maximum atomic E-state index is 12.5. The van der Waals surface area contributed by atoms with Gasteiger partial charge in [0.2, 0.25) is 5.91 Å². The van der Waals surface area contributed by atoms with Gasteiger partial charge in [0, 0.05) is 16.0 Å². The molecule has 0 heterocycles. The van der Waals surface area contributed by atoms with Gasteiger partial charge in [-0.1, -0.05) is 35.2 Å². The predicted octanol–water partition coefficient (Wildman–Crippen LogP) is 5.10. The minimum Gasteiger partial charge on any atom is -0.494 e. The lowest BCUT2D eigenvalue weighted by molar-refractivity contribution is -0.125. The molecular formula is C23H25BrN2O4. The van der Waals surface area contributed by atoms with Crippen molar-refractivity contribution >= 4 is 34.0 Å². The van der Waals surface area contributed by atoms with Crippen LogP contribution in [0.5, 0.6) is 11.5 Å². The molecule has 3 rings (SSSR count). The van der Waals surface area contributed by atoms with Crippen molar-refractivity contribution in [1.29, 1.82) is 0 Å². The molecule has 7 heteroatoms. The second-order valence-electron chi connectivity index (χ2n) is 7.10. The third kappa shape index (κ3) is 6.16. The number of rotatable bonds is 7. The molecule has 0 aromatic heterocycles. The molecule has 1 aliphatic rings. The van der Waals surface area contributed by atoms with Crippen LogP contribution in [-0.2, 0) is 4.79 Å². The van der Waals surface area contributed by atoms with Gasteiger partial charge in [-0.2, -0.15) is 5.10 Å². The summed E-state index contributed by atoms with van der Waals surface area (Å²) in [5, 5.41) is 4.08. The van der Waals surface area contributed by atoms with E-state index in [-0.39, 0.29) is 11.8 Å². The number of carbonyl (C=O) groups excluding carboxylic acids is 2. The maximum Gasteiger partial charge on any atom is 0.343 e. The van der Waals surface area contributed by atoms with Crippen molar-refractivity contribution in [2.24, 2.45) is 11.0 Å². The van der Waals surface area contributed by atoms with Gasteiger partial charge in [-0.05, 0) is 62.2 Å². The van der Waals surface area contributed by atoms with Gasteiger partial charge in [0.05, 0.1) is 18.4 Å². The fraction of sp³-hybridized carbons (Fsp3) is 0.348. The molecule has 0 radical (unpaired) electrons. The van der Waals surface area contributed by atoms with Gasteiger partial charge in [0.1, 0.15) is 11.5 Å². The number of benzene rings is 2. The first-order valence-corrected chi connectivity index (χ1v) is 10.9. The molecule has 6 nitrogen and oxygen atoms in total. The largest absolute Gasteiger partial charge is 0.494 e. The summed E-state index contributed by atoms with van der Waals surface area (Å²) in [6.45, 7) is 2.46. The zero-order valence-corrected chi connectivity index (χ0v) is 18.5. The second kappa shape index (κ2) is 10.9. The number of hydrazone groups is 1. The Hall–Kier alpha value is -2.67. The van der Waals surface area contributed by atoms with Crippen LogP contribution in [0.4, 0.5) is 0 Å². The number of carbonyl (C=O) groups is 2. The highest BCUT2D eigenvalue weighted by Crippen LogP contribution is 2.25. The summed E-state index contributed by atoms with van der Waals surface area (Å²) >= 11 is 3.41. The fourth-order valence-corrected chi connectivity index (χ4v) is 3.73. The highest BCUT2D eigenvalue weighted by Gasteiger charge is 2.20. The normalized spacial score (nSPS) is 14.5. The van der Waals surface area contributed by atoms with Crippen molar-refractivity contribution in [3.63, 3.8) is 0 Å². The molecule has 1 aliphatic carbocycles. The molecule has 30 heavy (non-hydrogen) atoms. The monoisotopic (exact) mass is 472 g/mol. The number of hydrogen-bond acceptors (Lipinski definition) is 5. The molecule has 0 aliphatic heterocycles. The molecule has 2 aromatic rings. The van der Waals surface area contributed by atoms with Gasteiger partial charge in [0.15, 0.2) is 0 Å². The molecule has 0 bridgehead atoms. The Balaban J connectivity index is 1.66. The number of ether oxygens (including phenoxy) is 2. The zero-order chi connectivity index (χ0) is 21.3. The van der Waals surface area contributed by atoms with Crippen molar-refractivity contribution < 1.29 is 19.1 Å². The SMILES string of the molecule is CCOc1ccc(C(=O)Oc2ccc(Br)cc2/C=N/NC(=O)C2CCCCC2)cc1. The van der Waals surface area contributed by atoms with Gasteiger partial charge in [-0.3, -0.25) is 4.79 Å². The quantitative estimate of drug-likeness (QED) is 0.263. The van der Waals surface area contributed by atoms with E-state index in [1.807, 2.05) is 6.92 Å². The molecule has 0 spiro atoms. The van der Waals surface area contributed by atoms with Crippen molar-refractivity contribution in [2.75, 3.05) is 6.61 Å². The summed E-state index contributed by atoms with van der Waals surface area (Å²) in [5.74, 6) is 0.525. The first kappa shape index (κ1) is 22.0. The number of halogens is 1. The average molecular weight is 473 g/mol. The van der Waals surface area contributed by atoms with E-state index in [0.29, 0.717) is 29.2 Å². The molecule has 0 unspecified atom stereocenters. The van der Waals surface area contributed by atoms with Gasteiger partial charge >= 0.3 is 5.97 Å². The standard InChI is InChI=1S/C23H25BrN2O4/c1-2-29-20-11-8-17(9-12-20)23(28)30-21-13-10-19(24)14-18(21)15-25-26-22(27)16-6-4-3-5-7-16/h8-16H,2-7H2,1H3,(H,26,27)/b25-15+. The van der Waals surface area contributed by atoms with E-state index < -0.39 is 5.97 Å². The molecular weight excluding hydrogens is 448 g/mol. The van der Waals surface area contributed by atoms with Crippen LogP contribution in [0, 0.1) is 5.92 Å².